The topological polar surface area (TPSA) is 123 Å². The van der Waals surface area contributed by atoms with Gasteiger partial charge in [-0.1, -0.05) is 60.7 Å². The molecule has 0 bridgehead atoms. The fourth-order valence-corrected chi connectivity index (χ4v) is 4.58. The molecule has 2 heterocycles. The van der Waals surface area contributed by atoms with Crippen LogP contribution in [0.2, 0.25) is 0 Å². The second-order valence-corrected chi connectivity index (χ2v) is 8.40. The van der Waals surface area contributed by atoms with Gasteiger partial charge in [-0.2, -0.15) is 0 Å². The van der Waals surface area contributed by atoms with Crippen molar-refractivity contribution in [3.05, 3.63) is 94.6 Å². The summed E-state index contributed by atoms with van der Waals surface area (Å²) in [5, 5.41) is 19.8. The van der Waals surface area contributed by atoms with Gasteiger partial charge in [-0.05, 0) is 34.9 Å². The molecule has 1 saturated heterocycles. The van der Waals surface area contributed by atoms with E-state index >= 15 is 0 Å². The van der Waals surface area contributed by atoms with Gasteiger partial charge in [-0.3, -0.25) is 4.90 Å². The van der Waals surface area contributed by atoms with Crippen molar-refractivity contribution in [3.63, 3.8) is 0 Å². The summed E-state index contributed by atoms with van der Waals surface area (Å²) in [4.78, 5) is 38.0. The number of ether oxygens (including phenoxy) is 2. The summed E-state index contributed by atoms with van der Waals surface area (Å²) >= 11 is 0. The van der Waals surface area contributed by atoms with Crippen molar-refractivity contribution in [2.24, 2.45) is 5.10 Å². The smallest absolute Gasteiger partial charge is 0.360 e. The second-order valence-electron chi connectivity index (χ2n) is 8.40. The van der Waals surface area contributed by atoms with Gasteiger partial charge >= 0.3 is 17.8 Å². The van der Waals surface area contributed by atoms with E-state index in [-0.39, 0.29) is 12.4 Å². The molecule has 1 spiro atoms. The first-order chi connectivity index (χ1) is 17.4. The summed E-state index contributed by atoms with van der Waals surface area (Å²) in [5.74, 6) is -3.71. The number of esters is 2. The van der Waals surface area contributed by atoms with Crippen LogP contribution in [0.4, 0.5) is 0 Å². The first-order valence-electron chi connectivity index (χ1n) is 11.3. The molecule has 0 saturated carbocycles. The third kappa shape index (κ3) is 4.18. The van der Waals surface area contributed by atoms with Gasteiger partial charge < -0.3 is 14.8 Å². The second kappa shape index (κ2) is 9.23. The minimum absolute atomic E-state index is 0.0976. The summed E-state index contributed by atoms with van der Waals surface area (Å²) in [6.45, 7) is 2.15. The zero-order chi connectivity index (χ0) is 25.3. The molecule has 1 unspecified atom stereocenters. The number of fused-ring (bicyclic) bond motifs is 1. The molecule has 1 fully saturated rings. The van der Waals surface area contributed by atoms with Gasteiger partial charge in [0.05, 0.1) is 5.10 Å². The summed E-state index contributed by atoms with van der Waals surface area (Å²) in [5.41, 5.74) is 1.91. The van der Waals surface area contributed by atoms with Crippen molar-refractivity contribution >= 4 is 28.5 Å². The number of hydrogen-bond donors (Lipinski definition) is 1. The molecular formula is C26H22N4O6. The standard InChI is InChI=1S/C26H22N4O6/c1-17-26(35-23(31)12-13-24(32)36-26)29(15-14-27-17)25(28-30(33)34)22-9-5-4-8-21(22)20-11-10-18-6-2-3-7-19(18)16-20/h2-13,16-17,27H,14-15H2,1H3/b28-25-. The van der Waals surface area contributed by atoms with Crippen molar-refractivity contribution in [3.8, 4) is 11.1 Å². The maximum atomic E-state index is 12.4. The lowest BCUT2D eigenvalue weighted by atomic mass is 9.95. The first-order valence-corrected chi connectivity index (χ1v) is 11.3. The molecule has 0 radical (unpaired) electrons. The quantitative estimate of drug-likeness (QED) is 0.197. The van der Waals surface area contributed by atoms with Gasteiger partial charge in [0.25, 0.3) is 0 Å². The van der Waals surface area contributed by atoms with Crippen LogP contribution in [0.3, 0.4) is 0 Å². The SMILES string of the molecule is CC1NCCN(/C(=N\[N+](=O)[O-])c2ccccc2-c2ccc3ccccc3c2)C12OC(=O)C=CC(=O)O2. The molecule has 10 nitrogen and oxygen atoms in total. The number of rotatable bonds is 3. The van der Waals surface area contributed by atoms with E-state index in [2.05, 4.69) is 10.4 Å². The Morgan fingerprint density at radius 1 is 1.03 bits per heavy atom. The number of nitro groups is 1. The number of benzene rings is 3. The first kappa shape index (κ1) is 23.2. The predicted octanol–water partition coefficient (Wildman–Crippen LogP) is 3.05. The number of hydrogen-bond acceptors (Lipinski definition) is 7. The highest BCUT2D eigenvalue weighted by atomic mass is 16.8. The zero-order valence-electron chi connectivity index (χ0n) is 19.3. The van der Waals surface area contributed by atoms with E-state index in [1.165, 1.54) is 4.90 Å². The average Bonchev–Trinajstić information content (AvgIpc) is 3.02. The maximum Gasteiger partial charge on any atom is 0.360 e. The van der Waals surface area contributed by atoms with E-state index in [1.54, 1.807) is 19.1 Å². The molecule has 3 aromatic rings. The van der Waals surface area contributed by atoms with Crippen molar-refractivity contribution in [1.82, 2.24) is 10.2 Å². The van der Waals surface area contributed by atoms with Crippen LogP contribution in [-0.4, -0.2) is 52.7 Å². The zero-order valence-corrected chi connectivity index (χ0v) is 19.3. The molecular weight excluding hydrogens is 464 g/mol. The van der Waals surface area contributed by atoms with Crippen LogP contribution in [0.15, 0.2) is 84.0 Å². The lowest BCUT2D eigenvalue weighted by molar-refractivity contribution is -0.486. The highest BCUT2D eigenvalue weighted by Gasteiger charge is 2.55. The summed E-state index contributed by atoms with van der Waals surface area (Å²) < 4.78 is 11.2. The predicted molar refractivity (Wildman–Crippen MR) is 131 cm³/mol. The molecule has 0 aromatic heterocycles. The Morgan fingerprint density at radius 2 is 1.69 bits per heavy atom. The summed E-state index contributed by atoms with van der Waals surface area (Å²) in [6.07, 6.45) is 1.92. The Balaban J connectivity index is 1.69. The molecule has 10 heteroatoms. The van der Waals surface area contributed by atoms with Gasteiger partial charge in [-0.15, -0.1) is 0 Å². The molecule has 0 amide bonds. The highest BCUT2D eigenvalue weighted by molar-refractivity contribution is 6.05. The Hall–Kier alpha value is -4.57. The van der Waals surface area contributed by atoms with Crippen LogP contribution < -0.4 is 5.32 Å². The Labute approximate surface area is 205 Å². The minimum Gasteiger partial charge on any atom is -0.399 e. The summed E-state index contributed by atoms with van der Waals surface area (Å²) in [6, 6.07) is 20.1. The molecule has 3 aromatic carbocycles. The third-order valence-electron chi connectivity index (χ3n) is 6.22. The fraction of sp³-hybridized carbons (Fsp3) is 0.192. The Bertz CT molecular complexity index is 1410. The number of carbonyl (C=O) groups excluding carboxylic acids is 2. The monoisotopic (exact) mass is 486 g/mol. The van der Waals surface area contributed by atoms with Crippen LogP contribution in [0.25, 0.3) is 21.9 Å². The third-order valence-corrected chi connectivity index (χ3v) is 6.22. The molecule has 5 rings (SSSR count). The average molecular weight is 486 g/mol. The Kier molecular flexibility index (Phi) is 5.95. The molecule has 2 aliphatic heterocycles. The van der Waals surface area contributed by atoms with Crippen molar-refractivity contribution in [2.45, 2.75) is 18.9 Å². The molecule has 0 aliphatic carbocycles. The number of nitrogens with zero attached hydrogens (tertiary/aromatic N) is 3. The maximum absolute atomic E-state index is 12.4. The van der Waals surface area contributed by atoms with E-state index in [0.29, 0.717) is 17.7 Å². The van der Waals surface area contributed by atoms with E-state index < -0.39 is 28.9 Å². The number of hydrazone groups is 1. The van der Waals surface area contributed by atoms with Crippen LogP contribution in [0.1, 0.15) is 12.5 Å². The van der Waals surface area contributed by atoms with E-state index in [4.69, 9.17) is 9.47 Å². The molecule has 1 N–H and O–H groups in total. The van der Waals surface area contributed by atoms with Gasteiger partial charge in [0, 0.05) is 30.8 Å². The van der Waals surface area contributed by atoms with Crippen molar-refractivity contribution in [1.29, 1.82) is 0 Å². The number of carbonyl (C=O) groups is 2. The van der Waals surface area contributed by atoms with Crippen molar-refractivity contribution in [2.75, 3.05) is 13.1 Å². The molecule has 36 heavy (non-hydrogen) atoms. The van der Waals surface area contributed by atoms with Crippen molar-refractivity contribution < 1.29 is 24.1 Å². The number of amidine groups is 1. The fourth-order valence-electron chi connectivity index (χ4n) is 4.58. The van der Waals surface area contributed by atoms with Gasteiger partial charge in [0.15, 0.2) is 5.03 Å². The van der Waals surface area contributed by atoms with Crippen LogP contribution in [0, 0.1) is 10.1 Å². The normalized spacial score (nSPS) is 19.6. The van der Waals surface area contributed by atoms with Crippen LogP contribution in [0.5, 0.6) is 0 Å². The number of piperazine rings is 1. The summed E-state index contributed by atoms with van der Waals surface area (Å²) in [7, 11) is 0. The largest absolute Gasteiger partial charge is 0.399 e. The Morgan fingerprint density at radius 3 is 2.42 bits per heavy atom. The van der Waals surface area contributed by atoms with Gasteiger partial charge in [0.1, 0.15) is 6.04 Å². The van der Waals surface area contributed by atoms with Crippen LogP contribution >= 0.6 is 0 Å². The van der Waals surface area contributed by atoms with E-state index in [9.17, 15) is 19.7 Å². The molecule has 2 aliphatic rings. The van der Waals surface area contributed by atoms with E-state index in [0.717, 1.165) is 28.5 Å². The number of nitrogens with one attached hydrogen (secondary N) is 1. The van der Waals surface area contributed by atoms with Gasteiger partial charge in [-0.25, -0.2) is 19.7 Å². The van der Waals surface area contributed by atoms with Crippen LogP contribution in [-0.2, 0) is 19.1 Å². The minimum atomic E-state index is -1.98. The lowest BCUT2D eigenvalue weighted by Crippen LogP contribution is -2.71. The highest BCUT2D eigenvalue weighted by Crippen LogP contribution is 2.34. The lowest BCUT2D eigenvalue weighted by Gasteiger charge is -2.47. The van der Waals surface area contributed by atoms with Gasteiger partial charge in [0.2, 0.25) is 5.84 Å². The van der Waals surface area contributed by atoms with E-state index in [1.807, 2.05) is 54.6 Å². The molecule has 182 valence electrons. The molecule has 1 atom stereocenters.